The highest BCUT2D eigenvalue weighted by atomic mass is 16.5. The Kier molecular flexibility index (Phi) is 8.29. The molecule has 0 saturated heterocycles. The van der Waals surface area contributed by atoms with E-state index in [0.29, 0.717) is 17.7 Å². The first-order valence-corrected chi connectivity index (χ1v) is 14.3. The summed E-state index contributed by atoms with van der Waals surface area (Å²) in [5, 5.41) is 26.0. The van der Waals surface area contributed by atoms with E-state index in [4.69, 9.17) is 10.5 Å². The number of carbonyl (C=O) groups is 6. The first kappa shape index (κ1) is 32.8. The van der Waals surface area contributed by atoms with Gasteiger partial charge in [-0.25, -0.2) is 4.79 Å². The van der Waals surface area contributed by atoms with Gasteiger partial charge in [0.15, 0.2) is 34.7 Å². The van der Waals surface area contributed by atoms with Gasteiger partial charge in [-0.2, -0.15) is 0 Å². The smallest absolute Gasteiger partial charge is 0.407 e. The first-order valence-electron chi connectivity index (χ1n) is 14.3. The normalized spacial score (nSPS) is 31.1. The van der Waals surface area contributed by atoms with Gasteiger partial charge in [0.2, 0.25) is 5.91 Å². The minimum absolute atomic E-state index is 0.0797. The van der Waals surface area contributed by atoms with Gasteiger partial charge in [-0.05, 0) is 50.4 Å². The molecule has 0 aliphatic heterocycles. The number of alkyl carbamates (subject to hydrolysis) is 1. The topological polar surface area (TPSA) is 197 Å². The van der Waals surface area contributed by atoms with Gasteiger partial charge in [-0.3, -0.25) is 28.9 Å². The van der Waals surface area contributed by atoms with E-state index in [-0.39, 0.29) is 37.1 Å². The number of amides is 2. The zero-order chi connectivity index (χ0) is 33.1. The number of likely N-dealkylation sites (N-methyl/N-ethyl adjacent to an activating group) is 1. The minimum Gasteiger partial charge on any atom is -0.507 e. The number of aromatic hydroxyl groups is 1. The number of fused-ring (bicyclic) bond motifs is 3. The second kappa shape index (κ2) is 11.1. The van der Waals surface area contributed by atoms with Crippen LogP contribution in [0.4, 0.5) is 10.5 Å². The average Bonchev–Trinajstić information content (AvgIpc) is 2.89. The molecule has 0 bridgehead atoms. The van der Waals surface area contributed by atoms with Crippen LogP contribution in [0.15, 0.2) is 18.7 Å². The molecule has 2 amide bonds. The van der Waals surface area contributed by atoms with Crippen molar-refractivity contribution >= 4 is 40.8 Å². The fourth-order valence-electron chi connectivity index (χ4n) is 7.81. The Morgan fingerprint density at radius 1 is 1.16 bits per heavy atom. The summed E-state index contributed by atoms with van der Waals surface area (Å²) in [6.07, 6.45) is 1.25. The molecule has 4 rings (SSSR count). The number of Topliss-reactive ketones (excluding diaryl/α,β-unsaturated/α-hetero) is 4. The summed E-state index contributed by atoms with van der Waals surface area (Å²) in [7, 11) is 6.55. The molecule has 3 aliphatic carbocycles. The summed E-state index contributed by atoms with van der Waals surface area (Å²) in [5.74, 6) is -9.52. The number of ether oxygens (including phenoxy) is 1. The number of primary amides is 1. The third kappa shape index (κ3) is 4.60. The van der Waals surface area contributed by atoms with E-state index < -0.39 is 75.2 Å². The van der Waals surface area contributed by atoms with Crippen molar-refractivity contribution in [3.63, 3.8) is 0 Å². The van der Waals surface area contributed by atoms with E-state index in [9.17, 15) is 39.0 Å². The number of aliphatic hydroxyl groups is 1. The van der Waals surface area contributed by atoms with Crippen molar-refractivity contribution in [1.82, 2.24) is 10.2 Å². The third-order valence-corrected chi connectivity index (χ3v) is 9.50. The van der Waals surface area contributed by atoms with E-state index in [2.05, 4.69) is 11.9 Å². The molecule has 2 fully saturated rings. The molecule has 5 N–H and O–H groups in total. The van der Waals surface area contributed by atoms with Crippen LogP contribution >= 0.6 is 0 Å². The van der Waals surface area contributed by atoms with Crippen molar-refractivity contribution in [3.8, 4) is 5.75 Å². The maximum Gasteiger partial charge on any atom is 0.407 e. The number of nitrogens with one attached hydrogen (secondary N) is 1. The van der Waals surface area contributed by atoms with E-state index in [1.54, 1.807) is 38.1 Å². The number of hydrogen-bond donors (Lipinski definition) is 4. The highest BCUT2D eigenvalue weighted by Crippen LogP contribution is 2.62. The Morgan fingerprint density at radius 3 is 2.34 bits per heavy atom. The molecular formula is C31H40N4O9. The molecule has 3 aliphatic rings. The lowest BCUT2D eigenvalue weighted by Crippen LogP contribution is -2.79. The van der Waals surface area contributed by atoms with Crippen molar-refractivity contribution in [2.24, 2.45) is 28.4 Å². The van der Waals surface area contributed by atoms with Crippen molar-refractivity contribution in [1.29, 1.82) is 0 Å². The van der Waals surface area contributed by atoms with Gasteiger partial charge in [0.05, 0.1) is 24.1 Å². The summed E-state index contributed by atoms with van der Waals surface area (Å²) >= 11 is 0. The monoisotopic (exact) mass is 612 g/mol. The molecule has 2 unspecified atom stereocenters. The molecule has 1 aromatic carbocycles. The number of benzene rings is 1. The lowest BCUT2D eigenvalue weighted by atomic mass is 9.42. The molecule has 0 radical (unpaired) electrons. The SMILES string of the molecule is C=CCCOC(=O)NCc1cc(N(C)C)c2c(c1O)C(=O)C1C(=O)[C@]3(O)C(=O)C(C(N)=O)C(=O)[C@@H](N(C)C)[C@]3(C)C[C@]1(C)C2. The van der Waals surface area contributed by atoms with Gasteiger partial charge in [-0.1, -0.05) is 19.9 Å². The predicted molar refractivity (Wildman–Crippen MR) is 158 cm³/mol. The van der Waals surface area contributed by atoms with Gasteiger partial charge in [0.25, 0.3) is 0 Å². The number of hydrogen-bond acceptors (Lipinski definition) is 11. The Bertz CT molecular complexity index is 1490. The van der Waals surface area contributed by atoms with Crippen LogP contribution in [-0.4, -0.2) is 96.7 Å². The number of phenols is 1. The van der Waals surface area contributed by atoms with Crippen LogP contribution in [0.5, 0.6) is 5.75 Å². The van der Waals surface area contributed by atoms with E-state index in [0.717, 1.165) is 0 Å². The fraction of sp³-hybridized carbons (Fsp3) is 0.548. The number of nitrogens with zero attached hydrogens (tertiary/aromatic N) is 2. The van der Waals surface area contributed by atoms with E-state index >= 15 is 0 Å². The largest absolute Gasteiger partial charge is 0.507 e. The predicted octanol–water partition coefficient (Wildman–Crippen LogP) is 0.516. The molecule has 0 heterocycles. The fourth-order valence-corrected chi connectivity index (χ4v) is 7.81. The number of ketones is 4. The van der Waals surface area contributed by atoms with Crippen LogP contribution in [0.3, 0.4) is 0 Å². The second-order valence-electron chi connectivity index (χ2n) is 13.0. The van der Waals surface area contributed by atoms with Gasteiger partial charge in [0, 0.05) is 37.3 Å². The molecular weight excluding hydrogens is 572 g/mol. The van der Waals surface area contributed by atoms with Gasteiger partial charge >= 0.3 is 6.09 Å². The maximum atomic E-state index is 14.4. The quantitative estimate of drug-likeness (QED) is 0.181. The Morgan fingerprint density at radius 2 is 1.80 bits per heavy atom. The third-order valence-electron chi connectivity index (χ3n) is 9.50. The standard InChI is InChI=1S/C31H40N4O9/c1-8-9-10-44-28(42)33-13-15-11-17(34(4)5)16-12-29(2)14-30(3)24(35(6)7)23(38)19(27(32)41)25(39)31(30,43)26(40)20(29)22(37)18(16)21(15)36/h8,11,19-20,24,36,43H,1,9-10,12-14H2,2-7H3,(H2,32,41)(H,33,42)/t19?,20?,24-,29+,30+,31-/m1/s1. The van der Waals surface area contributed by atoms with Crippen LogP contribution < -0.4 is 16.0 Å². The van der Waals surface area contributed by atoms with Crippen LogP contribution in [0.2, 0.25) is 0 Å². The van der Waals surface area contributed by atoms with Gasteiger partial charge in [0.1, 0.15) is 5.75 Å². The van der Waals surface area contributed by atoms with Gasteiger partial charge < -0.3 is 30.9 Å². The van der Waals surface area contributed by atoms with E-state index in [1.165, 1.54) is 25.9 Å². The first-order chi connectivity index (χ1) is 20.4. The van der Waals surface area contributed by atoms with Crippen molar-refractivity contribution in [3.05, 3.63) is 35.4 Å². The molecule has 2 saturated carbocycles. The molecule has 0 spiro atoms. The summed E-state index contributed by atoms with van der Waals surface area (Å²) in [5.41, 5.74) is 0.642. The highest BCUT2D eigenvalue weighted by molar-refractivity contribution is 6.33. The lowest BCUT2D eigenvalue weighted by Gasteiger charge is -2.61. The van der Waals surface area contributed by atoms with Crippen LogP contribution in [0.25, 0.3) is 0 Å². The van der Waals surface area contributed by atoms with Crippen molar-refractivity contribution < 1.29 is 43.7 Å². The molecule has 6 atom stereocenters. The average molecular weight is 613 g/mol. The summed E-state index contributed by atoms with van der Waals surface area (Å²) in [6.45, 7) is 6.60. The Labute approximate surface area is 255 Å². The van der Waals surface area contributed by atoms with E-state index in [1.807, 2.05) is 0 Å². The molecule has 44 heavy (non-hydrogen) atoms. The molecule has 0 aromatic heterocycles. The number of carbonyl (C=O) groups excluding carboxylic acids is 6. The summed E-state index contributed by atoms with van der Waals surface area (Å²) in [6, 6.07) is 0.383. The van der Waals surface area contributed by atoms with Crippen molar-refractivity contribution in [2.45, 2.75) is 51.3 Å². The zero-order valence-corrected chi connectivity index (χ0v) is 25.9. The molecule has 238 valence electrons. The summed E-state index contributed by atoms with van der Waals surface area (Å²) in [4.78, 5) is 83.6. The number of anilines is 1. The lowest BCUT2D eigenvalue weighted by molar-refractivity contribution is -0.203. The minimum atomic E-state index is -2.89. The maximum absolute atomic E-state index is 14.4. The van der Waals surface area contributed by atoms with Crippen LogP contribution in [0, 0.1) is 22.7 Å². The van der Waals surface area contributed by atoms with Crippen LogP contribution in [0.1, 0.15) is 48.2 Å². The number of rotatable bonds is 8. The Hall–Kier alpha value is -4.10. The highest BCUT2D eigenvalue weighted by Gasteiger charge is 2.76. The number of nitrogens with two attached hydrogens (primary N) is 1. The van der Waals surface area contributed by atoms with Gasteiger partial charge in [-0.15, -0.1) is 6.58 Å². The zero-order valence-electron chi connectivity index (χ0n) is 25.9. The molecule has 13 nitrogen and oxygen atoms in total. The Balaban J connectivity index is 1.86. The summed E-state index contributed by atoms with van der Waals surface area (Å²) < 4.78 is 5.05. The molecule has 13 heteroatoms. The second-order valence-corrected chi connectivity index (χ2v) is 13.0. The molecule has 1 aromatic rings. The number of phenolic OH excluding ortho intramolecular Hbond substituents is 1. The van der Waals surface area contributed by atoms with Crippen molar-refractivity contribution in [2.75, 3.05) is 39.7 Å². The van der Waals surface area contributed by atoms with Crippen LogP contribution in [-0.2, 0) is 36.9 Å².